The van der Waals surface area contributed by atoms with Gasteiger partial charge in [0.05, 0.1) is 13.2 Å². The first kappa shape index (κ1) is 31.7. The van der Waals surface area contributed by atoms with Gasteiger partial charge in [0.25, 0.3) is 0 Å². The van der Waals surface area contributed by atoms with E-state index in [1.165, 1.54) is 38.5 Å². The number of hydrogen-bond acceptors (Lipinski definition) is 12. The van der Waals surface area contributed by atoms with Crippen LogP contribution in [0, 0.1) is 0 Å². The first-order valence-electron chi connectivity index (χ1n) is 13.3. The summed E-state index contributed by atoms with van der Waals surface area (Å²) in [6, 6.07) is 0. The number of nitrogens with one attached hydrogen (secondary N) is 1. The molecule has 0 unspecified atom stereocenters. The molecule has 0 bridgehead atoms. The van der Waals surface area contributed by atoms with Gasteiger partial charge in [-0.2, -0.15) is 0 Å². The summed E-state index contributed by atoms with van der Waals surface area (Å²) in [7, 11) is 0. The van der Waals surface area contributed by atoms with Crippen LogP contribution in [-0.2, 0) is 14.2 Å². The summed E-state index contributed by atoms with van der Waals surface area (Å²) in [5.41, 5.74) is -1.87. The molecule has 2 rings (SSSR count). The van der Waals surface area contributed by atoms with Crippen LogP contribution in [0.3, 0.4) is 0 Å². The molecular formula is C24H47NO11. The van der Waals surface area contributed by atoms with Crippen molar-refractivity contribution in [1.82, 2.24) is 5.32 Å². The average molecular weight is 526 g/mol. The molecule has 2 saturated heterocycles. The van der Waals surface area contributed by atoms with Crippen LogP contribution in [0.25, 0.3) is 0 Å². The summed E-state index contributed by atoms with van der Waals surface area (Å²) in [5.74, 6) is 0. The molecule has 0 amide bonds. The molecular weight excluding hydrogens is 478 g/mol. The third-order valence-corrected chi connectivity index (χ3v) is 7.08. The van der Waals surface area contributed by atoms with Crippen molar-refractivity contribution in [3.8, 4) is 0 Å². The van der Waals surface area contributed by atoms with Crippen LogP contribution in [0.5, 0.6) is 0 Å². The molecule has 2 aliphatic heterocycles. The van der Waals surface area contributed by atoms with Gasteiger partial charge in [-0.1, -0.05) is 64.7 Å². The molecule has 2 fully saturated rings. The lowest BCUT2D eigenvalue weighted by Crippen LogP contribution is -2.73. The van der Waals surface area contributed by atoms with Crippen molar-refractivity contribution < 1.29 is 55.1 Å². The first-order valence-corrected chi connectivity index (χ1v) is 13.3. The second kappa shape index (κ2) is 15.8. The smallest absolute Gasteiger partial charge is 0.189 e. The molecule has 0 aliphatic carbocycles. The molecule has 2 heterocycles. The van der Waals surface area contributed by atoms with E-state index in [0.717, 1.165) is 25.7 Å². The number of hydrogen-bond donors (Lipinski definition) is 9. The van der Waals surface area contributed by atoms with Crippen LogP contribution in [0.4, 0.5) is 0 Å². The molecule has 0 aromatic rings. The summed E-state index contributed by atoms with van der Waals surface area (Å²) in [4.78, 5) is 0. The van der Waals surface area contributed by atoms with Crippen molar-refractivity contribution in [2.45, 2.75) is 132 Å². The second-order valence-electron chi connectivity index (χ2n) is 9.90. The number of rotatable bonds is 16. The van der Waals surface area contributed by atoms with E-state index in [1.54, 1.807) is 0 Å². The fourth-order valence-electron chi connectivity index (χ4n) is 4.71. The maximum absolute atomic E-state index is 10.6. The monoisotopic (exact) mass is 525 g/mol. The quantitative estimate of drug-likeness (QED) is 0.105. The molecule has 12 heteroatoms. The van der Waals surface area contributed by atoms with E-state index in [9.17, 15) is 40.9 Å². The van der Waals surface area contributed by atoms with Crippen LogP contribution in [0.1, 0.15) is 71.1 Å². The average Bonchev–Trinajstić information content (AvgIpc) is 2.88. The predicted octanol–water partition coefficient (Wildman–Crippen LogP) is -1.56. The van der Waals surface area contributed by atoms with E-state index < -0.39 is 74.2 Å². The maximum Gasteiger partial charge on any atom is 0.189 e. The SMILES string of the molecule is CCCCCCCCCCCCN[C@]1(CO)O[C@H](O[C@H]2[C@H](O)[C@@H](O)[C@H](O)O[C@@H]2CO)[C@H](O)[C@@H](O)[C@H]1O. The minimum absolute atomic E-state index is 0.350. The molecule has 0 spiro atoms. The summed E-state index contributed by atoms with van der Waals surface area (Å²) >= 11 is 0. The van der Waals surface area contributed by atoms with Gasteiger partial charge in [-0.25, -0.2) is 0 Å². The van der Waals surface area contributed by atoms with Crippen LogP contribution < -0.4 is 5.32 Å². The highest BCUT2D eigenvalue weighted by Crippen LogP contribution is 2.32. The zero-order chi connectivity index (χ0) is 26.7. The third kappa shape index (κ3) is 8.26. The Morgan fingerprint density at radius 1 is 0.750 bits per heavy atom. The normalized spacial score (nSPS) is 39.4. The van der Waals surface area contributed by atoms with Crippen molar-refractivity contribution in [1.29, 1.82) is 0 Å². The standard InChI is InChI=1S/C24H47NO11/c1-2-3-4-5-6-7-8-9-10-11-12-25-24(14-27)21(32)17(29)19(31)23(36-24)35-20-15(13-26)34-22(33)18(30)16(20)28/h15-23,25-33H,2-14H2,1H3/t15-,16-,17-,18-,19-,20-,21-,22-,23+,24-/m1/s1. The van der Waals surface area contributed by atoms with E-state index in [2.05, 4.69) is 12.2 Å². The van der Waals surface area contributed by atoms with Gasteiger partial charge >= 0.3 is 0 Å². The topological polar surface area (TPSA) is 202 Å². The van der Waals surface area contributed by atoms with Gasteiger partial charge in [-0.3, -0.25) is 5.32 Å². The predicted molar refractivity (Wildman–Crippen MR) is 127 cm³/mol. The highest BCUT2D eigenvalue weighted by molar-refractivity contribution is 4.99. The Labute approximate surface area is 212 Å². The van der Waals surface area contributed by atoms with Crippen molar-refractivity contribution in [2.75, 3.05) is 19.8 Å². The largest absolute Gasteiger partial charge is 0.394 e. The fraction of sp³-hybridized carbons (Fsp3) is 1.00. The van der Waals surface area contributed by atoms with Gasteiger partial charge in [0.2, 0.25) is 0 Å². The van der Waals surface area contributed by atoms with E-state index in [1.807, 2.05) is 0 Å². The lowest BCUT2D eigenvalue weighted by molar-refractivity contribution is -0.380. The molecule has 12 nitrogen and oxygen atoms in total. The molecule has 2 aliphatic rings. The van der Waals surface area contributed by atoms with E-state index >= 15 is 0 Å². The van der Waals surface area contributed by atoms with Crippen molar-refractivity contribution in [2.24, 2.45) is 0 Å². The van der Waals surface area contributed by atoms with Gasteiger partial charge in [0.15, 0.2) is 18.3 Å². The zero-order valence-corrected chi connectivity index (χ0v) is 21.2. The van der Waals surface area contributed by atoms with Gasteiger partial charge in [0.1, 0.15) is 42.7 Å². The summed E-state index contributed by atoms with van der Waals surface area (Å²) in [5, 5.41) is 83.8. The Morgan fingerprint density at radius 2 is 1.33 bits per heavy atom. The van der Waals surface area contributed by atoms with Crippen molar-refractivity contribution in [3.63, 3.8) is 0 Å². The highest BCUT2D eigenvalue weighted by Gasteiger charge is 2.55. The Bertz CT molecular complexity index is 600. The van der Waals surface area contributed by atoms with Crippen LogP contribution >= 0.6 is 0 Å². The minimum atomic E-state index is -1.87. The Balaban J connectivity index is 1.89. The van der Waals surface area contributed by atoms with Gasteiger partial charge in [-0.05, 0) is 13.0 Å². The van der Waals surface area contributed by atoms with Crippen LogP contribution in [0.15, 0.2) is 0 Å². The molecule has 0 radical (unpaired) electrons. The van der Waals surface area contributed by atoms with Crippen molar-refractivity contribution >= 4 is 0 Å². The second-order valence-corrected chi connectivity index (χ2v) is 9.90. The Morgan fingerprint density at radius 3 is 1.89 bits per heavy atom. The number of ether oxygens (including phenoxy) is 3. The number of unbranched alkanes of at least 4 members (excludes halogenated alkanes) is 9. The van der Waals surface area contributed by atoms with Gasteiger partial charge in [0, 0.05) is 0 Å². The lowest BCUT2D eigenvalue weighted by atomic mass is 9.93. The summed E-state index contributed by atoms with van der Waals surface area (Å²) in [6.07, 6.45) is -3.56. The molecule has 214 valence electrons. The lowest BCUT2D eigenvalue weighted by Gasteiger charge is -2.50. The maximum atomic E-state index is 10.6. The highest BCUT2D eigenvalue weighted by atomic mass is 16.7. The van der Waals surface area contributed by atoms with E-state index in [4.69, 9.17) is 14.2 Å². The van der Waals surface area contributed by atoms with E-state index in [0.29, 0.717) is 6.54 Å². The Kier molecular flexibility index (Phi) is 13.9. The Hall–Kier alpha value is -0.480. The molecule has 0 aromatic heterocycles. The van der Waals surface area contributed by atoms with Gasteiger partial charge in [-0.15, -0.1) is 0 Å². The number of aliphatic hydroxyl groups excluding tert-OH is 8. The zero-order valence-electron chi connectivity index (χ0n) is 21.2. The van der Waals surface area contributed by atoms with E-state index in [-0.39, 0.29) is 0 Å². The van der Waals surface area contributed by atoms with Gasteiger partial charge < -0.3 is 55.1 Å². The number of aliphatic hydroxyl groups is 8. The minimum Gasteiger partial charge on any atom is -0.394 e. The van der Waals surface area contributed by atoms with Crippen LogP contribution in [0.2, 0.25) is 0 Å². The summed E-state index contributed by atoms with van der Waals surface area (Å²) in [6.45, 7) is 1.09. The molecule has 0 aromatic carbocycles. The fourth-order valence-corrected chi connectivity index (χ4v) is 4.71. The molecule has 10 atom stereocenters. The van der Waals surface area contributed by atoms with Crippen LogP contribution in [-0.4, -0.2) is 122 Å². The third-order valence-electron chi connectivity index (χ3n) is 7.08. The molecule has 9 N–H and O–H groups in total. The first-order chi connectivity index (χ1) is 17.2. The summed E-state index contributed by atoms with van der Waals surface area (Å²) < 4.78 is 16.3. The molecule has 36 heavy (non-hydrogen) atoms. The van der Waals surface area contributed by atoms with Crippen molar-refractivity contribution in [3.05, 3.63) is 0 Å². The molecule has 0 saturated carbocycles.